The molecule has 0 amide bonds. The van der Waals surface area contributed by atoms with Crippen molar-refractivity contribution in [3.63, 3.8) is 0 Å². The van der Waals surface area contributed by atoms with Crippen molar-refractivity contribution in [1.29, 1.82) is 0 Å². The Hall–Kier alpha value is -1.28. The molecule has 1 aromatic rings. The quantitative estimate of drug-likeness (QED) is 0.837. The Bertz CT molecular complexity index is 442. The van der Waals surface area contributed by atoms with Gasteiger partial charge in [0.05, 0.1) is 5.56 Å². The molecule has 0 aliphatic carbocycles. The fourth-order valence-corrected chi connectivity index (χ4v) is 1.65. The van der Waals surface area contributed by atoms with Crippen molar-refractivity contribution in [1.82, 2.24) is 5.32 Å². The third kappa shape index (κ3) is 4.38. The molecule has 0 saturated carbocycles. The van der Waals surface area contributed by atoms with Crippen LogP contribution in [0.15, 0.2) is 24.3 Å². The molecule has 1 aromatic carbocycles. The Morgan fingerprint density at radius 3 is 2.15 bits per heavy atom. The summed E-state index contributed by atoms with van der Waals surface area (Å²) in [5.74, 6) is 0. The van der Waals surface area contributed by atoms with Gasteiger partial charge >= 0.3 is 12.4 Å². The maximum absolute atomic E-state index is 12.7. The largest absolute Gasteiger partial charge is 0.416 e. The van der Waals surface area contributed by atoms with Crippen LogP contribution in [0, 0.1) is 0 Å². The van der Waals surface area contributed by atoms with Crippen LogP contribution in [0.2, 0.25) is 0 Å². The average Bonchev–Trinajstić information content (AvgIpc) is 2.33. The fraction of sp³-hybridized carbons (Fsp3) is 0.500. The van der Waals surface area contributed by atoms with Crippen LogP contribution >= 0.6 is 0 Å². The highest BCUT2D eigenvalue weighted by molar-refractivity contribution is 5.32. The van der Waals surface area contributed by atoms with Gasteiger partial charge in [-0.3, -0.25) is 0 Å². The highest BCUT2D eigenvalue weighted by atomic mass is 19.4. The van der Waals surface area contributed by atoms with Gasteiger partial charge in [0.1, 0.15) is 0 Å². The van der Waals surface area contributed by atoms with Gasteiger partial charge in [0, 0.05) is 12.6 Å². The smallest absolute Gasteiger partial charge is 0.382 e. The Balaban J connectivity index is 2.81. The van der Waals surface area contributed by atoms with Gasteiger partial charge in [0.15, 0.2) is 6.10 Å². The van der Waals surface area contributed by atoms with Crippen molar-refractivity contribution in [3.8, 4) is 0 Å². The van der Waals surface area contributed by atoms with E-state index >= 15 is 0 Å². The molecule has 20 heavy (non-hydrogen) atoms. The molecule has 2 unspecified atom stereocenters. The third-order valence-electron chi connectivity index (χ3n) is 2.73. The average molecular weight is 301 g/mol. The fourth-order valence-electron chi connectivity index (χ4n) is 1.65. The molecular weight excluding hydrogens is 288 g/mol. The van der Waals surface area contributed by atoms with Gasteiger partial charge in [-0.25, -0.2) is 0 Å². The zero-order valence-electron chi connectivity index (χ0n) is 10.4. The number of benzene rings is 1. The molecule has 0 saturated heterocycles. The first kappa shape index (κ1) is 16.8. The van der Waals surface area contributed by atoms with Crippen molar-refractivity contribution >= 4 is 0 Å². The molecule has 0 aliphatic heterocycles. The number of aliphatic hydroxyl groups excluding tert-OH is 1. The molecule has 0 aromatic heterocycles. The highest BCUT2D eigenvalue weighted by Crippen LogP contribution is 2.34. The van der Waals surface area contributed by atoms with E-state index < -0.39 is 36.6 Å². The topological polar surface area (TPSA) is 32.3 Å². The Morgan fingerprint density at radius 1 is 1.10 bits per heavy atom. The third-order valence-corrected chi connectivity index (χ3v) is 2.73. The summed E-state index contributed by atoms with van der Waals surface area (Å²) in [4.78, 5) is 0. The zero-order valence-corrected chi connectivity index (χ0v) is 10.4. The molecule has 0 fully saturated rings. The number of hydrogen-bond acceptors (Lipinski definition) is 2. The standard InChI is InChI=1S/C12H13F6NO/c1-7(19-6-10(20)12(16,17)18)8-4-2-3-5-9(8)11(13,14)15/h2-5,7,10,19-20H,6H2,1H3. The molecular formula is C12H13F6NO. The molecule has 0 radical (unpaired) electrons. The summed E-state index contributed by atoms with van der Waals surface area (Å²) < 4.78 is 74.5. The van der Waals surface area contributed by atoms with Gasteiger partial charge in [-0.1, -0.05) is 18.2 Å². The van der Waals surface area contributed by atoms with Crippen molar-refractivity contribution in [2.75, 3.05) is 6.54 Å². The number of halogens is 6. The maximum atomic E-state index is 12.7. The van der Waals surface area contributed by atoms with E-state index in [4.69, 9.17) is 5.11 Å². The molecule has 2 N–H and O–H groups in total. The lowest BCUT2D eigenvalue weighted by Gasteiger charge is -2.22. The summed E-state index contributed by atoms with van der Waals surface area (Å²) >= 11 is 0. The summed E-state index contributed by atoms with van der Waals surface area (Å²) in [5.41, 5.74) is -1.09. The van der Waals surface area contributed by atoms with Crippen LogP contribution in [0.4, 0.5) is 26.3 Å². The number of hydrogen-bond donors (Lipinski definition) is 2. The van der Waals surface area contributed by atoms with E-state index in [1.807, 2.05) is 0 Å². The first-order valence-electron chi connectivity index (χ1n) is 5.67. The van der Waals surface area contributed by atoms with Crippen LogP contribution in [-0.2, 0) is 6.18 Å². The number of nitrogens with one attached hydrogen (secondary N) is 1. The van der Waals surface area contributed by atoms with Crippen molar-refractivity contribution in [2.45, 2.75) is 31.4 Å². The minimum atomic E-state index is -4.81. The van der Waals surface area contributed by atoms with Crippen molar-refractivity contribution in [2.24, 2.45) is 0 Å². The van der Waals surface area contributed by atoms with Gasteiger partial charge in [0.2, 0.25) is 0 Å². The molecule has 0 spiro atoms. The van der Waals surface area contributed by atoms with Crippen molar-refractivity contribution < 1.29 is 31.4 Å². The summed E-state index contributed by atoms with van der Waals surface area (Å²) in [7, 11) is 0. The van der Waals surface area contributed by atoms with Gasteiger partial charge in [0.25, 0.3) is 0 Å². The molecule has 0 aliphatic rings. The molecule has 8 heteroatoms. The van der Waals surface area contributed by atoms with E-state index in [1.165, 1.54) is 25.1 Å². The van der Waals surface area contributed by atoms with Crippen LogP contribution < -0.4 is 5.32 Å². The minimum Gasteiger partial charge on any atom is -0.382 e. The maximum Gasteiger partial charge on any atom is 0.416 e. The lowest BCUT2D eigenvalue weighted by Crippen LogP contribution is -2.39. The summed E-state index contributed by atoms with van der Waals surface area (Å²) in [5, 5.41) is 11.0. The van der Waals surface area contributed by atoms with Gasteiger partial charge in [-0.2, -0.15) is 26.3 Å². The lowest BCUT2D eigenvalue weighted by molar-refractivity contribution is -0.202. The Morgan fingerprint density at radius 2 is 1.65 bits per heavy atom. The van der Waals surface area contributed by atoms with Crippen LogP contribution in [0.1, 0.15) is 24.1 Å². The SMILES string of the molecule is CC(NCC(O)C(F)(F)F)c1ccccc1C(F)(F)F. The van der Waals surface area contributed by atoms with E-state index in [-0.39, 0.29) is 5.56 Å². The molecule has 114 valence electrons. The Labute approximate surface area is 111 Å². The molecule has 1 rings (SSSR count). The second-order valence-electron chi connectivity index (χ2n) is 4.27. The zero-order chi connectivity index (χ0) is 15.6. The first-order valence-corrected chi connectivity index (χ1v) is 5.67. The highest BCUT2D eigenvalue weighted by Gasteiger charge is 2.38. The van der Waals surface area contributed by atoms with E-state index in [0.29, 0.717) is 0 Å². The van der Waals surface area contributed by atoms with E-state index in [2.05, 4.69) is 5.32 Å². The van der Waals surface area contributed by atoms with Crippen LogP contribution in [0.25, 0.3) is 0 Å². The molecule has 0 heterocycles. The van der Waals surface area contributed by atoms with Gasteiger partial charge < -0.3 is 10.4 Å². The predicted molar refractivity (Wildman–Crippen MR) is 59.9 cm³/mol. The summed E-state index contributed by atoms with van der Waals surface area (Å²) in [6.45, 7) is 0.421. The van der Waals surface area contributed by atoms with Crippen LogP contribution in [-0.4, -0.2) is 23.9 Å². The number of rotatable bonds is 4. The molecule has 2 atom stereocenters. The van der Waals surface area contributed by atoms with E-state index in [1.54, 1.807) is 0 Å². The second kappa shape index (κ2) is 6.01. The second-order valence-corrected chi connectivity index (χ2v) is 4.27. The Kier molecular flexibility index (Phi) is 5.04. The monoisotopic (exact) mass is 301 g/mol. The molecule has 0 bridgehead atoms. The van der Waals surface area contributed by atoms with E-state index in [9.17, 15) is 26.3 Å². The number of alkyl halides is 6. The number of aliphatic hydroxyl groups is 1. The summed E-state index contributed by atoms with van der Waals surface area (Å²) in [6, 6.07) is 3.62. The van der Waals surface area contributed by atoms with E-state index in [0.717, 1.165) is 6.07 Å². The molecule has 2 nitrogen and oxygen atoms in total. The minimum absolute atomic E-state index is 0.172. The predicted octanol–water partition coefficient (Wildman–Crippen LogP) is 3.28. The van der Waals surface area contributed by atoms with Crippen LogP contribution in [0.3, 0.4) is 0 Å². The lowest BCUT2D eigenvalue weighted by atomic mass is 10.0. The normalized spacial score (nSPS) is 16.0. The van der Waals surface area contributed by atoms with Gasteiger partial charge in [-0.05, 0) is 18.6 Å². The first-order chi connectivity index (χ1) is 9.03. The summed E-state index contributed by atoms with van der Waals surface area (Å²) in [6.07, 6.45) is -12.0. The van der Waals surface area contributed by atoms with Crippen LogP contribution in [0.5, 0.6) is 0 Å². The van der Waals surface area contributed by atoms with Crippen molar-refractivity contribution in [3.05, 3.63) is 35.4 Å². The van der Waals surface area contributed by atoms with Gasteiger partial charge in [-0.15, -0.1) is 0 Å².